The fourth-order valence-corrected chi connectivity index (χ4v) is 3.50. The lowest BCUT2D eigenvalue weighted by molar-refractivity contribution is 0.306. The third-order valence-electron chi connectivity index (χ3n) is 4.92. The summed E-state index contributed by atoms with van der Waals surface area (Å²) >= 11 is 0. The van der Waals surface area contributed by atoms with Crippen molar-refractivity contribution in [2.24, 2.45) is 5.92 Å². The van der Waals surface area contributed by atoms with Gasteiger partial charge in [0.25, 0.3) is 5.56 Å². The maximum atomic E-state index is 14.6. The Hall–Kier alpha value is -3.40. The zero-order valence-corrected chi connectivity index (χ0v) is 17.1. The Morgan fingerprint density at radius 3 is 2.43 bits per heavy atom. The lowest BCUT2D eigenvalue weighted by atomic mass is 9.99. The van der Waals surface area contributed by atoms with Gasteiger partial charge >= 0.3 is 0 Å². The molecule has 0 saturated heterocycles. The minimum Gasteiger partial charge on any atom is -0.489 e. The van der Waals surface area contributed by atoms with Crippen molar-refractivity contribution in [3.63, 3.8) is 0 Å². The van der Waals surface area contributed by atoms with Gasteiger partial charge in [-0.15, -0.1) is 0 Å². The van der Waals surface area contributed by atoms with Crippen LogP contribution >= 0.6 is 0 Å². The molecule has 0 fully saturated rings. The van der Waals surface area contributed by atoms with Gasteiger partial charge in [0.15, 0.2) is 0 Å². The molecule has 30 heavy (non-hydrogen) atoms. The first-order valence-corrected chi connectivity index (χ1v) is 10.0. The Kier molecular flexibility index (Phi) is 5.66. The minimum absolute atomic E-state index is 0.131. The van der Waals surface area contributed by atoms with Crippen molar-refractivity contribution in [3.8, 4) is 16.9 Å². The molecule has 0 bridgehead atoms. The van der Waals surface area contributed by atoms with E-state index < -0.39 is 0 Å². The predicted molar refractivity (Wildman–Crippen MR) is 118 cm³/mol. The summed E-state index contributed by atoms with van der Waals surface area (Å²) in [5.74, 6) is 0.539. The van der Waals surface area contributed by atoms with Gasteiger partial charge in [-0.2, -0.15) is 0 Å². The number of nitrogens with zero attached hydrogens (tertiary/aromatic N) is 1. The number of aromatic nitrogens is 1. The van der Waals surface area contributed by atoms with Crippen molar-refractivity contribution in [2.45, 2.75) is 27.0 Å². The molecule has 0 atom stereocenters. The van der Waals surface area contributed by atoms with Crippen LogP contribution in [0.3, 0.4) is 0 Å². The van der Waals surface area contributed by atoms with Crippen molar-refractivity contribution < 1.29 is 9.13 Å². The summed E-state index contributed by atoms with van der Waals surface area (Å²) in [6.07, 6.45) is 3.15. The average Bonchev–Trinajstić information content (AvgIpc) is 2.75. The Balaban J connectivity index is 1.84. The van der Waals surface area contributed by atoms with Gasteiger partial charge in [0.1, 0.15) is 18.2 Å². The Labute approximate surface area is 175 Å². The lowest BCUT2D eigenvalue weighted by Crippen LogP contribution is -2.23. The van der Waals surface area contributed by atoms with Gasteiger partial charge in [-0.1, -0.05) is 62.4 Å². The van der Waals surface area contributed by atoms with Crippen LogP contribution in [0.2, 0.25) is 0 Å². The van der Waals surface area contributed by atoms with Crippen LogP contribution in [0, 0.1) is 17.9 Å². The summed E-state index contributed by atoms with van der Waals surface area (Å²) in [5, 5.41) is 1.16. The first-order chi connectivity index (χ1) is 14.5. The van der Waals surface area contributed by atoms with Crippen molar-refractivity contribution in [1.29, 1.82) is 0 Å². The molecule has 151 valence electrons. The molecule has 0 spiro atoms. The average molecular weight is 400 g/mol. The van der Waals surface area contributed by atoms with Crippen LogP contribution in [-0.4, -0.2) is 4.57 Å². The number of hydrogen-bond donors (Lipinski definition) is 0. The van der Waals surface area contributed by atoms with Crippen molar-refractivity contribution >= 4 is 10.8 Å². The predicted octanol–water partition coefficient (Wildman–Crippen LogP) is 5.84. The summed E-state index contributed by atoms with van der Waals surface area (Å²) in [7, 11) is 0. The number of fused-ring (bicyclic) bond motifs is 1. The van der Waals surface area contributed by atoms with Crippen LogP contribution in [0.1, 0.15) is 19.4 Å². The molecule has 3 aromatic carbocycles. The van der Waals surface area contributed by atoms with E-state index in [0.717, 1.165) is 5.56 Å². The minimum atomic E-state index is -0.347. The van der Waals surface area contributed by atoms with E-state index in [1.807, 2.05) is 44.2 Å². The molecular weight excluding hydrogens is 377 g/mol. The Bertz CT molecular complexity index is 1230. The molecule has 0 N–H and O–H groups in total. The fourth-order valence-electron chi connectivity index (χ4n) is 3.50. The van der Waals surface area contributed by atoms with Crippen LogP contribution in [0.4, 0.5) is 4.39 Å². The van der Waals surface area contributed by atoms with E-state index >= 15 is 0 Å². The van der Waals surface area contributed by atoms with E-state index in [4.69, 9.17) is 4.74 Å². The third kappa shape index (κ3) is 4.13. The Morgan fingerprint density at radius 2 is 1.70 bits per heavy atom. The highest BCUT2D eigenvalue weighted by Crippen LogP contribution is 2.31. The molecule has 1 radical (unpaired) electrons. The number of hydrogen-bond acceptors (Lipinski definition) is 2. The molecule has 3 nitrogen and oxygen atoms in total. The molecule has 0 saturated carbocycles. The van der Waals surface area contributed by atoms with Crippen molar-refractivity contribution in [3.05, 3.63) is 101 Å². The number of pyridine rings is 1. The highest BCUT2D eigenvalue weighted by atomic mass is 19.1. The molecule has 4 heteroatoms. The fraction of sp³-hybridized carbons (Fsp3) is 0.192. The lowest BCUT2D eigenvalue weighted by Gasteiger charge is -2.15. The summed E-state index contributed by atoms with van der Waals surface area (Å²) in [6, 6.07) is 21.8. The molecule has 4 rings (SSSR count). The SMILES string of the molecule is CC(C)Cn1[c]c(-c2ccccc2F)c2cc(OCc3ccccc3)ccc2c1=O. The van der Waals surface area contributed by atoms with Gasteiger partial charge in [0.2, 0.25) is 0 Å². The zero-order chi connectivity index (χ0) is 21.1. The zero-order valence-electron chi connectivity index (χ0n) is 17.1. The summed E-state index contributed by atoms with van der Waals surface area (Å²) in [5.41, 5.74) is 1.90. The molecule has 0 amide bonds. The summed E-state index contributed by atoms with van der Waals surface area (Å²) in [6.45, 7) is 5.00. The Morgan fingerprint density at radius 1 is 0.967 bits per heavy atom. The summed E-state index contributed by atoms with van der Waals surface area (Å²) in [4.78, 5) is 13.0. The van der Waals surface area contributed by atoms with E-state index in [-0.39, 0.29) is 17.3 Å². The molecular formula is C26H23FNO2. The van der Waals surface area contributed by atoms with E-state index in [2.05, 4.69) is 6.20 Å². The number of ether oxygens (including phenoxy) is 1. The smallest absolute Gasteiger partial charge is 0.258 e. The third-order valence-corrected chi connectivity index (χ3v) is 4.92. The van der Waals surface area contributed by atoms with Crippen LogP contribution in [-0.2, 0) is 13.2 Å². The van der Waals surface area contributed by atoms with E-state index in [9.17, 15) is 9.18 Å². The molecule has 0 aliphatic rings. The quantitative estimate of drug-likeness (QED) is 0.407. The van der Waals surface area contributed by atoms with Crippen LogP contribution < -0.4 is 10.3 Å². The normalized spacial score (nSPS) is 11.2. The maximum absolute atomic E-state index is 14.6. The second-order valence-electron chi connectivity index (χ2n) is 7.76. The molecule has 0 unspecified atom stereocenters. The van der Waals surface area contributed by atoms with E-state index in [1.54, 1.807) is 41.0 Å². The maximum Gasteiger partial charge on any atom is 0.258 e. The second kappa shape index (κ2) is 8.54. The molecule has 0 aliphatic carbocycles. The van der Waals surface area contributed by atoms with Gasteiger partial charge in [-0.05, 0) is 35.7 Å². The first kappa shape index (κ1) is 19.9. The van der Waals surface area contributed by atoms with Gasteiger partial charge in [-0.25, -0.2) is 4.39 Å². The van der Waals surface area contributed by atoms with Crippen molar-refractivity contribution in [2.75, 3.05) is 0 Å². The van der Waals surface area contributed by atoms with Crippen LogP contribution in [0.25, 0.3) is 21.9 Å². The van der Waals surface area contributed by atoms with Gasteiger partial charge in [0, 0.05) is 28.4 Å². The van der Waals surface area contributed by atoms with Crippen molar-refractivity contribution in [1.82, 2.24) is 4.57 Å². The van der Waals surface area contributed by atoms with E-state index in [0.29, 0.717) is 40.8 Å². The first-order valence-electron chi connectivity index (χ1n) is 10.0. The van der Waals surface area contributed by atoms with E-state index in [1.165, 1.54) is 6.07 Å². The van der Waals surface area contributed by atoms with Crippen LogP contribution in [0.5, 0.6) is 5.75 Å². The van der Waals surface area contributed by atoms with Gasteiger partial charge < -0.3 is 9.30 Å². The second-order valence-corrected chi connectivity index (χ2v) is 7.76. The largest absolute Gasteiger partial charge is 0.489 e. The standard InChI is InChI=1S/C26H23FNO2/c1-18(2)15-28-16-24(21-10-6-7-11-25(21)27)23-14-20(12-13-22(23)26(28)29)30-17-19-8-4-3-5-9-19/h3-14,18H,15,17H2,1-2H3. The molecule has 1 heterocycles. The highest BCUT2D eigenvalue weighted by Gasteiger charge is 2.15. The monoisotopic (exact) mass is 400 g/mol. The summed E-state index contributed by atoms with van der Waals surface area (Å²) < 4.78 is 22.1. The highest BCUT2D eigenvalue weighted by molar-refractivity contribution is 5.96. The topological polar surface area (TPSA) is 31.2 Å². The van der Waals surface area contributed by atoms with Crippen LogP contribution in [0.15, 0.2) is 77.6 Å². The number of halogens is 1. The van der Waals surface area contributed by atoms with Gasteiger partial charge in [0.05, 0.1) is 6.20 Å². The van der Waals surface area contributed by atoms with Gasteiger partial charge in [-0.3, -0.25) is 4.79 Å². The molecule has 4 aromatic rings. The molecule has 0 aliphatic heterocycles. The number of rotatable bonds is 6. The number of benzene rings is 3. The molecule has 1 aromatic heterocycles.